The topological polar surface area (TPSA) is 32.3 Å². The van der Waals surface area contributed by atoms with E-state index >= 15 is 0 Å². The molecule has 0 aromatic heterocycles. The molecule has 0 radical (unpaired) electrons. The van der Waals surface area contributed by atoms with E-state index in [1.54, 1.807) is 12.1 Å². The molecule has 2 fully saturated rings. The Bertz CT molecular complexity index is 1020. The second kappa shape index (κ2) is 7.28. The van der Waals surface area contributed by atoms with Crippen molar-refractivity contribution in [2.24, 2.45) is 5.92 Å². The first-order valence-corrected chi connectivity index (χ1v) is 11.0. The van der Waals surface area contributed by atoms with Crippen LogP contribution in [0.2, 0.25) is 0 Å². The number of fused-ring (bicyclic) bond motifs is 2. The van der Waals surface area contributed by atoms with Crippen LogP contribution in [-0.2, 0) is 4.79 Å². The lowest BCUT2D eigenvalue weighted by Crippen LogP contribution is -2.42. The third kappa shape index (κ3) is 3.70. The molecule has 2 aliphatic heterocycles. The second-order valence-electron chi connectivity index (χ2n) is 9.55. The van der Waals surface area contributed by atoms with Gasteiger partial charge in [-0.1, -0.05) is 6.07 Å². The number of hydrogen-bond acceptors (Lipinski definition) is 2. The normalized spacial score (nSPS) is 24.0. The summed E-state index contributed by atoms with van der Waals surface area (Å²) in [5.74, 6) is -2.88. The fraction of sp³-hybridized carbons (Fsp3) is 0.480. The van der Waals surface area contributed by atoms with Crippen molar-refractivity contribution in [1.29, 1.82) is 0 Å². The molecule has 2 bridgehead atoms. The van der Waals surface area contributed by atoms with Gasteiger partial charge in [0.1, 0.15) is 5.82 Å². The molecular weight excluding hydrogens is 401 g/mol. The minimum Gasteiger partial charge on any atom is -0.364 e. The number of amides is 1. The van der Waals surface area contributed by atoms with E-state index < -0.39 is 5.92 Å². The monoisotopic (exact) mass is 428 g/mol. The summed E-state index contributed by atoms with van der Waals surface area (Å²) >= 11 is 0. The molecule has 2 aromatic carbocycles. The first-order valence-electron chi connectivity index (χ1n) is 11.0. The Hall–Kier alpha value is -2.50. The van der Waals surface area contributed by atoms with Gasteiger partial charge in [0.25, 0.3) is 0 Å². The van der Waals surface area contributed by atoms with Gasteiger partial charge in [-0.15, -0.1) is 0 Å². The van der Waals surface area contributed by atoms with Crippen molar-refractivity contribution in [2.75, 3.05) is 16.8 Å². The number of carbonyl (C=O) groups excluding carboxylic acids is 1. The second-order valence-corrected chi connectivity index (χ2v) is 9.55. The van der Waals surface area contributed by atoms with Gasteiger partial charge in [-0.25, -0.2) is 13.2 Å². The molecule has 2 heterocycles. The maximum atomic E-state index is 13.8. The number of hydrogen-bond donors (Lipinski definition) is 1. The summed E-state index contributed by atoms with van der Waals surface area (Å²) in [4.78, 5) is 14.8. The molecule has 2 aliphatic carbocycles. The number of alkyl halides is 2. The van der Waals surface area contributed by atoms with E-state index in [1.165, 1.54) is 5.56 Å². The standard InChI is InChI=1S/C25H27F3N2O/c1-14-7-19(8-15(2)24(14)29-23(31)9-16-11-25(27,28)12-16)30-13-17-3-6-22(30)20-5-4-18(26)10-21(17)20/h4-5,7-8,10,16-17,22H,3,6,9,11-13H2,1-2H3,(H,29,31). The molecule has 4 aliphatic rings. The number of piperidine rings is 1. The van der Waals surface area contributed by atoms with Crippen LogP contribution in [0, 0.1) is 25.6 Å². The Kier molecular flexibility index (Phi) is 4.79. The number of carbonyl (C=O) groups is 1. The van der Waals surface area contributed by atoms with Gasteiger partial charge in [0.05, 0.1) is 6.04 Å². The molecule has 1 amide bonds. The predicted octanol–water partition coefficient (Wildman–Crippen LogP) is 6.26. The van der Waals surface area contributed by atoms with Crippen LogP contribution in [-0.4, -0.2) is 18.4 Å². The SMILES string of the molecule is Cc1cc(N2CC3CCC2c2ccc(F)cc23)cc(C)c1NC(=O)CC1CC(F)(F)C1. The zero-order chi connectivity index (χ0) is 21.9. The molecule has 1 saturated heterocycles. The number of rotatable bonds is 4. The van der Waals surface area contributed by atoms with Gasteiger partial charge in [0.15, 0.2) is 0 Å². The van der Waals surface area contributed by atoms with Gasteiger partial charge < -0.3 is 10.2 Å². The molecule has 164 valence electrons. The predicted molar refractivity (Wildman–Crippen MR) is 115 cm³/mol. The summed E-state index contributed by atoms with van der Waals surface area (Å²) < 4.78 is 39.8. The fourth-order valence-corrected chi connectivity index (χ4v) is 5.72. The first kappa shape index (κ1) is 20.4. The number of nitrogens with one attached hydrogen (secondary N) is 1. The minimum absolute atomic E-state index is 0.138. The van der Waals surface area contributed by atoms with Crippen molar-refractivity contribution < 1.29 is 18.0 Å². The fourth-order valence-electron chi connectivity index (χ4n) is 5.72. The van der Waals surface area contributed by atoms with E-state index in [2.05, 4.69) is 22.3 Å². The summed E-state index contributed by atoms with van der Waals surface area (Å²) in [6, 6.07) is 9.57. The van der Waals surface area contributed by atoms with Crippen molar-refractivity contribution in [1.82, 2.24) is 0 Å². The number of anilines is 2. The van der Waals surface area contributed by atoms with Gasteiger partial charge in [0.2, 0.25) is 11.8 Å². The van der Waals surface area contributed by atoms with Crippen LogP contribution in [0.15, 0.2) is 30.3 Å². The molecule has 2 aromatic rings. The Morgan fingerprint density at radius 3 is 2.48 bits per heavy atom. The van der Waals surface area contributed by atoms with Crippen LogP contribution >= 0.6 is 0 Å². The molecule has 0 spiro atoms. The zero-order valence-electron chi connectivity index (χ0n) is 17.9. The summed E-state index contributed by atoms with van der Waals surface area (Å²) in [5, 5.41) is 2.95. The maximum absolute atomic E-state index is 13.8. The number of nitrogens with zero attached hydrogens (tertiary/aromatic N) is 1. The van der Waals surface area contributed by atoms with E-state index in [0.29, 0.717) is 5.92 Å². The van der Waals surface area contributed by atoms with Gasteiger partial charge in [-0.3, -0.25) is 4.79 Å². The molecule has 31 heavy (non-hydrogen) atoms. The van der Waals surface area contributed by atoms with Crippen LogP contribution < -0.4 is 10.2 Å². The smallest absolute Gasteiger partial charge is 0.248 e. The largest absolute Gasteiger partial charge is 0.364 e. The first-order chi connectivity index (χ1) is 14.7. The van der Waals surface area contributed by atoms with Gasteiger partial charge in [-0.05, 0) is 79.1 Å². The Labute approximate surface area is 180 Å². The highest BCUT2D eigenvalue weighted by molar-refractivity contribution is 5.93. The van der Waals surface area contributed by atoms with Crippen LogP contribution in [0.1, 0.15) is 66.3 Å². The third-order valence-corrected chi connectivity index (χ3v) is 7.19. The number of aryl methyl sites for hydroxylation is 2. The minimum atomic E-state index is -2.60. The van der Waals surface area contributed by atoms with E-state index in [-0.39, 0.29) is 42.9 Å². The lowest BCUT2D eigenvalue weighted by molar-refractivity contribution is -0.129. The Balaban J connectivity index is 1.34. The van der Waals surface area contributed by atoms with E-state index in [1.807, 2.05) is 19.9 Å². The average Bonchev–Trinajstić information content (AvgIpc) is 2.69. The number of halogens is 3. The quantitative estimate of drug-likeness (QED) is 0.624. The van der Waals surface area contributed by atoms with E-state index in [9.17, 15) is 18.0 Å². The molecular formula is C25H27F3N2O. The zero-order valence-corrected chi connectivity index (χ0v) is 17.9. The van der Waals surface area contributed by atoms with Gasteiger partial charge in [0, 0.05) is 43.1 Å². The third-order valence-electron chi connectivity index (χ3n) is 7.19. The lowest BCUT2D eigenvalue weighted by atomic mass is 9.74. The maximum Gasteiger partial charge on any atom is 0.248 e. The van der Waals surface area contributed by atoms with Crippen LogP contribution in [0.25, 0.3) is 0 Å². The highest BCUT2D eigenvalue weighted by Gasteiger charge is 2.45. The molecule has 1 saturated carbocycles. The van der Waals surface area contributed by atoms with Crippen molar-refractivity contribution >= 4 is 17.3 Å². The van der Waals surface area contributed by atoms with Crippen molar-refractivity contribution in [3.8, 4) is 0 Å². The Morgan fingerprint density at radius 1 is 1.10 bits per heavy atom. The van der Waals surface area contributed by atoms with Gasteiger partial charge >= 0.3 is 0 Å². The average molecular weight is 428 g/mol. The molecule has 3 nitrogen and oxygen atoms in total. The van der Waals surface area contributed by atoms with E-state index in [4.69, 9.17) is 0 Å². The highest BCUT2D eigenvalue weighted by atomic mass is 19.3. The molecule has 1 N–H and O–H groups in total. The molecule has 6 rings (SSSR count). The van der Waals surface area contributed by atoms with Crippen LogP contribution in [0.3, 0.4) is 0 Å². The van der Waals surface area contributed by atoms with Crippen molar-refractivity contribution in [3.05, 3.63) is 58.4 Å². The van der Waals surface area contributed by atoms with Gasteiger partial charge in [-0.2, -0.15) is 0 Å². The molecule has 6 heteroatoms. The molecule has 2 unspecified atom stereocenters. The lowest BCUT2D eigenvalue weighted by Gasteiger charge is -2.48. The number of benzene rings is 2. The highest BCUT2D eigenvalue weighted by Crippen LogP contribution is 2.49. The van der Waals surface area contributed by atoms with Crippen molar-refractivity contribution in [3.63, 3.8) is 0 Å². The van der Waals surface area contributed by atoms with Crippen LogP contribution in [0.5, 0.6) is 0 Å². The summed E-state index contributed by atoms with van der Waals surface area (Å²) in [7, 11) is 0. The summed E-state index contributed by atoms with van der Waals surface area (Å²) in [6.07, 6.45) is 1.87. The van der Waals surface area contributed by atoms with Crippen LogP contribution in [0.4, 0.5) is 24.5 Å². The molecule has 2 atom stereocenters. The van der Waals surface area contributed by atoms with Crippen molar-refractivity contribution in [2.45, 2.75) is 63.8 Å². The summed E-state index contributed by atoms with van der Waals surface area (Å²) in [6.45, 7) is 4.80. The van der Waals surface area contributed by atoms with E-state index in [0.717, 1.165) is 47.5 Å². The summed E-state index contributed by atoms with van der Waals surface area (Å²) in [5.41, 5.74) is 6.16. The Morgan fingerprint density at radius 2 is 1.81 bits per heavy atom.